The Kier molecular flexibility index (Phi) is 6.48. The van der Waals surface area contributed by atoms with E-state index in [9.17, 15) is 4.79 Å². The van der Waals surface area contributed by atoms with E-state index in [1.54, 1.807) is 34.7 Å². The SMILES string of the molecule is CNc1nc(C)nc2c1ncn2[C@@H]1O[C@]2(F)COP(=S)(C[C@@H](C)C(=O)OC(C)C)O[C@H]2[C@@]1(C)F. The maximum absolute atomic E-state index is 16.3. The van der Waals surface area contributed by atoms with Crippen LogP contribution in [-0.4, -0.2) is 69.0 Å². The van der Waals surface area contributed by atoms with Crippen molar-refractivity contribution in [2.75, 3.05) is 25.1 Å². The number of anilines is 1. The van der Waals surface area contributed by atoms with Crippen molar-refractivity contribution < 1.29 is 32.1 Å². The third-order valence-electron chi connectivity index (χ3n) is 5.69. The molecule has 34 heavy (non-hydrogen) atoms. The van der Waals surface area contributed by atoms with Crippen molar-refractivity contribution in [2.45, 2.75) is 64.6 Å². The van der Waals surface area contributed by atoms with E-state index < -0.39 is 48.8 Å². The van der Waals surface area contributed by atoms with E-state index in [1.807, 2.05) is 0 Å². The van der Waals surface area contributed by atoms with E-state index in [-0.39, 0.29) is 17.9 Å². The van der Waals surface area contributed by atoms with Crippen molar-refractivity contribution in [2.24, 2.45) is 5.92 Å². The largest absolute Gasteiger partial charge is 0.463 e. The zero-order valence-corrected chi connectivity index (χ0v) is 21.5. The Morgan fingerprint density at radius 3 is 2.76 bits per heavy atom. The lowest BCUT2D eigenvalue weighted by atomic mass is 9.97. The molecule has 2 aliphatic rings. The molecule has 0 bridgehead atoms. The number of alkyl halides is 2. The number of fused-ring (bicyclic) bond motifs is 2. The van der Waals surface area contributed by atoms with E-state index >= 15 is 8.78 Å². The van der Waals surface area contributed by atoms with Gasteiger partial charge in [0.2, 0.25) is 0 Å². The monoisotopic (exact) mass is 519 g/mol. The highest BCUT2D eigenvalue weighted by molar-refractivity contribution is 8.10. The van der Waals surface area contributed by atoms with Crippen LogP contribution in [0.15, 0.2) is 6.33 Å². The first-order chi connectivity index (χ1) is 15.8. The molecule has 188 valence electrons. The van der Waals surface area contributed by atoms with Crippen molar-refractivity contribution >= 4 is 41.2 Å². The molecule has 0 amide bonds. The molecule has 2 fully saturated rings. The molecule has 1 N–H and O–H groups in total. The molecule has 6 atom stereocenters. The van der Waals surface area contributed by atoms with Crippen molar-refractivity contribution in [3.05, 3.63) is 12.2 Å². The van der Waals surface area contributed by atoms with Gasteiger partial charge < -0.3 is 23.8 Å². The summed E-state index contributed by atoms with van der Waals surface area (Å²) in [6.07, 6.45) is -2.14. The van der Waals surface area contributed by atoms with Gasteiger partial charge in [0.05, 0.1) is 18.3 Å². The Hall–Kier alpha value is -1.79. The van der Waals surface area contributed by atoms with Gasteiger partial charge in [-0.25, -0.2) is 23.7 Å². The molecule has 1 unspecified atom stereocenters. The van der Waals surface area contributed by atoms with Crippen LogP contribution in [-0.2, 0) is 35.1 Å². The molecule has 0 spiro atoms. The van der Waals surface area contributed by atoms with Crippen LogP contribution >= 0.6 is 6.49 Å². The van der Waals surface area contributed by atoms with Crippen molar-refractivity contribution in [3.63, 3.8) is 0 Å². The van der Waals surface area contributed by atoms with Crippen LogP contribution in [0.3, 0.4) is 0 Å². The van der Waals surface area contributed by atoms with E-state index in [1.165, 1.54) is 17.8 Å². The Labute approximate surface area is 200 Å². The highest BCUT2D eigenvalue weighted by atomic mass is 32.5. The van der Waals surface area contributed by atoms with Gasteiger partial charge in [0, 0.05) is 13.2 Å². The highest BCUT2D eigenvalue weighted by Gasteiger charge is 2.69. The number of nitrogens with one attached hydrogen (secondary N) is 1. The van der Waals surface area contributed by atoms with Crippen LogP contribution in [0.2, 0.25) is 0 Å². The average Bonchev–Trinajstić information content (AvgIpc) is 3.24. The summed E-state index contributed by atoms with van der Waals surface area (Å²) < 4.78 is 55.5. The Morgan fingerprint density at radius 1 is 1.41 bits per heavy atom. The molecule has 14 heteroatoms. The average molecular weight is 520 g/mol. The van der Waals surface area contributed by atoms with Crippen LogP contribution in [0.1, 0.15) is 39.7 Å². The van der Waals surface area contributed by atoms with Gasteiger partial charge in [-0.1, -0.05) is 6.92 Å². The molecular weight excluding hydrogens is 491 g/mol. The molecule has 2 saturated heterocycles. The van der Waals surface area contributed by atoms with Gasteiger partial charge in [0.25, 0.3) is 5.85 Å². The second kappa shape index (κ2) is 8.70. The minimum atomic E-state index is -3.22. The lowest BCUT2D eigenvalue weighted by molar-refractivity contribution is -0.211. The number of nitrogens with zero attached hydrogens (tertiary/aromatic N) is 4. The van der Waals surface area contributed by atoms with Crippen LogP contribution in [0.4, 0.5) is 14.6 Å². The lowest BCUT2D eigenvalue weighted by Crippen LogP contribution is -2.51. The Morgan fingerprint density at radius 2 is 2.12 bits per heavy atom. The normalized spacial score (nSPS) is 34.3. The molecule has 2 aliphatic heterocycles. The first kappa shape index (κ1) is 25.3. The third-order valence-corrected chi connectivity index (χ3v) is 8.76. The first-order valence-electron chi connectivity index (χ1n) is 10.9. The molecule has 4 heterocycles. The molecule has 0 radical (unpaired) electrons. The number of carbonyl (C=O) groups excluding carboxylic acids is 1. The van der Waals surface area contributed by atoms with Crippen LogP contribution in [0, 0.1) is 12.8 Å². The molecule has 0 saturated carbocycles. The van der Waals surface area contributed by atoms with E-state index in [0.717, 1.165) is 0 Å². The van der Waals surface area contributed by atoms with Crippen LogP contribution in [0.25, 0.3) is 11.2 Å². The van der Waals surface area contributed by atoms with Crippen LogP contribution in [0.5, 0.6) is 0 Å². The number of imidazole rings is 1. The van der Waals surface area contributed by atoms with E-state index in [0.29, 0.717) is 17.2 Å². The summed E-state index contributed by atoms with van der Waals surface area (Å²) in [4.78, 5) is 25.1. The molecular formula is C20H28F2N5O5PS. The molecule has 0 aromatic carbocycles. The summed E-state index contributed by atoms with van der Waals surface area (Å²) in [5.74, 6) is -2.87. The summed E-state index contributed by atoms with van der Waals surface area (Å²) in [6.45, 7) is 4.09. The second-order valence-corrected chi connectivity index (χ2v) is 12.8. The number of halogens is 2. The Balaban J connectivity index is 1.63. The summed E-state index contributed by atoms with van der Waals surface area (Å²) in [5.41, 5.74) is -1.70. The maximum Gasteiger partial charge on any atom is 0.309 e. The Bertz CT molecular complexity index is 1160. The number of rotatable bonds is 6. The van der Waals surface area contributed by atoms with Crippen molar-refractivity contribution in [1.29, 1.82) is 0 Å². The van der Waals surface area contributed by atoms with E-state index in [4.69, 9.17) is 30.3 Å². The topological polar surface area (TPSA) is 110 Å². The molecule has 4 rings (SSSR count). The zero-order valence-electron chi connectivity index (χ0n) is 19.7. The van der Waals surface area contributed by atoms with Gasteiger partial charge in [0.1, 0.15) is 12.4 Å². The molecule has 2 aromatic rings. The zero-order chi connectivity index (χ0) is 25.1. The van der Waals surface area contributed by atoms with E-state index in [2.05, 4.69) is 20.3 Å². The number of ether oxygens (including phenoxy) is 2. The number of hydrogen-bond donors (Lipinski definition) is 1. The molecule has 2 aromatic heterocycles. The first-order valence-corrected chi connectivity index (χ1v) is 13.7. The third kappa shape index (κ3) is 4.32. The summed E-state index contributed by atoms with van der Waals surface area (Å²) in [7, 11) is 1.67. The number of aromatic nitrogens is 4. The quantitative estimate of drug-likeness (QED) is 0.450. The van der Waals surface area contributed by atoms with Gasteiger partial charge >= 0.3 is 5.97 Å². The summed E-state index contributed by atoms with van der Waals surface area (Å²) in [5, 5.41) is 2.92. The highest BCUT2D eigenvalue weighted by Crippen LogP contribution is 2.63. The number of esters is 1. The van der Waals surface area contributed by atoms with Gasteiger partial charge in [-0.3, -0.25) is 9.36 Å². The summed E-state index contributed by atoms with van der Waals surface area (Å²) in [6, 6.07) is 0. The number of carbonyl (C=O) groups is 1. The minimum Gasteiger partial charge on any atom is -0.463 e. The van der Waals surface area contributed by atoms with Crippen LogP contribution < -0.4 is 5.32 Å². The second-order valence-electron chi connectivity index (χ2n) is 9.04. The maximum atomic E-state index is 16.3. The fourth-order valence-corrected chi connectivity index (χ4v) is 7.35. The molecule has 10 nitrogen and oxygen atoms in total. The summed E-state index contributed by atoms with van der Waals surface area (Å²) >= 11 is 5.53. The predicted octanol–water partition coefficient (Wildman–Crippen LogP) is 3.41. The fourth-order valence-electron chi connectivity index (χ4n) is 4.14. The fraction of sp³-hybridized carbons (Fsp3) is 0.700. The van der Waals surface area contributed by atoms with Gasteiger partial charge in [-0.05, 0) is 39.5 Å². The van der Waals surface area contributed by atoms with Gasteiger partial charge in [-0.15, -0.1) is 0 Å². The van der Waals surface area contributed by atoms with Gasteiger partial charge in [0.15, 0.2) is 41.5 Å². The smallest absolute Gasteiger partial charge is 0.309 e. The van der Waals surface area contributed by atoms with Gasteiger partial charge in [-0.2, -0.15) is 0 Å². The van der Waals surface area contributed by atoms with Crippen molar-refractivity contribution in [3.8, 4) is 0 Å². The standard InChI is InChI=1S/C20H28F2N5O5PS/c1-10(2)30-16(28)11(3)7-33(34)29-8-20(22)17(32-33)19(5,21)18(31-20)27-9-24-13-14(23-6)25-12(4)26-15(13)27/h9-11,17-18H,7-8H2,1-6H3,(H,23,25,26)/t11-,17+,18-,19-,20-,33?/m1/s1. The minimum absolute atomic E-state index is 0.0207. The number of aryl methyl sites for hydroxylation is 1. The lowest BCUT2D eigenvalue weighted by Gasteiger charge is -2.40. The number of hydrogen-bond acceptors (Lipinski definition) is 10. The molecule has 0 aliphatic carbocycles. The predicted molar refractivity (Wildman–Crippen MR) is 123 cm³/mol. The van der Waals surface area contributed by atoms with Crippen molar-refractivity contribution in [1.82, 2.24) is 19.5 Å².